The molecule has 0 unspecified atom stereocenters. The van der Waals surface area contributed by atoms with Crippen LogP contribution in [0.25, 0.3) is 0 Å². The molecule has 0 saturated heterocycles. The molecule has 3 nitrogen and oxygen atoms in total. The van der Waals surface area contributed by atoms with Gasteiger partial charge >= 0.3 is 5.97 Å². The Hall–Kier alpha value is -2.16. The molecule has 25 heavy (non-hydrogen) atoms. The van der Waals surface area contributed by atoms with Gasteiger partial charge in [-0.25, -0.2) is 0 Å². The van der Waals surface area contributed by atoms with E-state index in [2.05, 4.69) is 32.9 Å². The van der Waals surface area contributed by atoms with Crippen LogP contribution >= 0.6 is 0 Å². The second-order valence-corrected chi connectivity index (χ2v) is 7.27. The van der Waals surface area contributed by atoms with E-state index < -0.39 is 0 Å². The van der Waals surface area contributed by atoms with Crippen LogP contribution < -0.4 is 0 Å². The zero-order valence-electron chi connectivity index (χ0n) is 16.3. The van der Waals surface area contributed by atoms with Crippen molar-refractivity contribution < 1.29 is 14.3 Å². The predicted molar refractivity (Wildman–Crippen MR) is 103 cm³/mol. The van der Waals surface area contributed by atoms with E-state index >= 15 is 0 Å². The Kier molecular flexibility index (Phi) is 7.82. The first-order valence-corrected chi connectivity index (χ1v) is 8.71. The molecule has 0 aromatic carbocycles. The van der Waals surface area contributed by atoms with E-state index in [0.717, 1.165) is 35.8 Å². The van der Waals surface area contributed by atoms with Crippen LogP contribution in [0.2, 0.25) is 0 Å². The number of aldehydes is 1. The average molecular weight is 342 g/mol. The molecule has 0 spiro atoms. The van der Waals surface area contributed by atoms with Crippen molar-refractivity contribution in [3.8, 4) is 0 Å². The number of hydrogen-bond donors (Lipinski definition) is 0. The van der Waals surface area contributed by atoms with Crippen molar-refractivity contribution in [3.05, 3.63) is 58.7 Å². The molecule has 0 amide bonds. The Balaban J connectivity index is 2.98. The maximum absolute atomic E-state index is 11.3. The van der Waals surface area contributed by atoms with Gasteiger partial charge in [0.25, 0.3) is 0 Å². The topological polar surface area (TPSA) is 43.4 Å². The fraction of sp³-hybridized carbons (Fsp3) is 0.455. The third kappa shape index (κ3) is 6.69. The molecule has 0 aromatic rings. The Morgan fingerprint density at radius 2 is 1.76 bits per heavy atom. The van der Waals surface area contributed by atoms with Crippen LogP contribution in [0, 0.1) is 5.41 Å². The largest absolute Gasteiger partial charge is 0.458 e. The highest BCUT2D eigenvalue weighted by Crippen LogP contribution is 2.42. The smallest absolute Gasteiger partial charge is 0.303 e. The second kappa shape index (κ2) is 9.36. The van der Waals surface area contributed by atoms with Crippen molar-refractivity contribution in [1.82, 2.24) is 0 Å². The van der Waals surface area contributed by atoms with E-state index in [4.69, 9.17) is 4.74 Å². The minimum Gasteiger partial charge on any atom is -0.458 e. The van der Waals surface area contributed by atoms with Crippen LogP contribution in [0.3, 0.4) is 0 Å². The van der Waals surface area contributed by atoms with E-state index in [1.54, 1.807) is 0 Å². The van der Waals surface area contributed by atoms with E-state index in [0.29, 0.717) is 0 Å². The van der Waals surface area contributed by atoms with Crippen LogP contribution in [0.15, 0.2) is 58.7 Å². The summed E-state index contributed by atoms with van der Waals surface area (Å²) in [7, 11) is 0. The maximum atomic E-state index is 11.3. The molecule has 0 aliphatic heterocycles. The van der Waals surface area contributed by atoms with Crippen LogP contribution in [0.4, 0.5) is 0 Å². The summed E-state index contributed by atoms with van der Waals surface area (Å²) in [6.07, 6.45) is 14.1. The van der Waals surface area contributed by atoms with Gasteiger partial charge in [0.15, 0.2) is 0 Å². The number of carbonyl (C=O) groups is 2. The zero-order chi connectivity index (χ0) is 19.0. The Morgan fingerprint density at radius 1 is 1.12 bits per heavy atom. The van der Waals surface area contributed by atoms with Gasteiger partial charge in [-0.05, 0) is 61.8 Å². The average Bonchev–Trinajstić information content (AvgIpc) is 2.50. The fourth-order valence-electron chi connectivity index (χ4n) is 3.04. The first-order chi connectivity index (χ1) is 11.7. The van der Waals surface area contributed by atoms with Crippen molar-refractivity contribution in [3.63, 3.8) is 0 Å². The SMILES string of the molecule is CC(=O)O[C@H]1CCC(C)(C)C(/C=C/C(C)=C/C=C/C(C)=C/C=O)=C1C. The van der Waals surface area contributed by atoms with Gasteiger partial charge in [-0.1, -0.05) is 49.8 Å². The van der Waals surface area contributed by atoms with Crippen molar-refractivity contribution in [2.24, 2.45) is 5.41 Å². The van der Waals surface area contributed by atoms with Gasteiger partial charge in [0, 0.05) is 6.92 Å². The van der Waals surface area contributed by atoms with E-state index in [-0.39, 0.29) is 17.5 Å². The van der Waals surface area contributed by atoms with Crippen molar-refractivity contribution >= 4 is 12.3 Å². The number of allylic oxidation sites excluding steroid dienone is 9. The standard InChI is InChI=1S/C22H30O3/c1-16(8-7-9-17(2)13-15-23)10-11-20-18(3)21(25-19(4)24)12-14-22(20,5)6/h7-11,13,15,21H,12,14H2,1-6H3/b9-7+,11-10+,16-8+,17-13+/t21-/m0/s1. The van der Waals surface area contributed by atoms with Gasteiger partial charge in [-0.2, -0.15) is 0 Å². The molecule has 1 aliphatic carbocycles. The van der Waals surface area contributed by atoms with Gasteiger partial charge in [-0.3, -0.25) is 9.59 Å². The van der Waals surface area contributed by atoms with Crippen LogP contribution in [0.1, 0.15) is 54.4 Å². The molecule has 136 valence electrons. The molecule has 0 bridgehead atoms. The summed E-state index contributed by atoms with van der Waals surface area (Å²) < 4.78 is 5.46. The first kappa shape index (κ1) is 20.9. The minimum atomic E-state index is -0.229. The summed E-state index contributed by atoms with van der Waals surface area (Å²) in [5.74, 6) is -0.229. The van der Waals surface area contributed by atoms with Crippen LogP contribution in [-0.4, -0.2) is 18.4 Å². The highest BCUT2D eigenvalue weighted by molar-refractivity contribution is 5.67. The first-order valence-electron chi connectivity index (χ1n) is 8.71. The molecule has 0 radical (unpaired) electrons. The van der Waals surface area contributed by atoms with Crippen molar-refractivity contribution in [2.45, 2.75) is 60.5 Å². The molecule has 1 atom stereocenters. The predicted octanol–water partition coefficient (Wildman–Crippen LogP) is 5.26. The molecule has 0 fully saturated rings. The molecular formula is C22H30O3. The van der Waals surface area contributed by atoms with E-state index in [9.17, 15) is 9.59 Å². The van der Waals surface area contributed by atoms with Gasteiger partial charge in [0.05, 0.1) is 0 Å². The summed E-state index contributed by atoms with van der Waals surface area (Å²) in [6.45, 7) is 11.9. The molecule has 0 N–H and O–H groups in total. The summed E-state index contributed by atoms with van der Waals surface area (Å²) in [5, 5.41) is 0. The van der Waals surface area contributed by atoms with Gasteiger partial charge in [0.2, 0.25) is 0 Å². The molecule has 1 aliphatic rings. The summed E-state index contributed by atoms with van der Waals surface area (Å²) in [6, 6.07) is 0. The number of esters is 1. The molecule has 1 rings (SSSR count). The summed E-state index contributed by atoms with van der Waals surface area (Å²) in [5.41, 5.74) is 4.46. The normalized spacial score (nSPS) is 21.9. The molecular weight excluding hydrogens is 312 g/mol. The number of hydrogen-bond acceptors (Lipinski definition) is 3. The van der Waals surface area contributed by atoms with Crippen LogP contribution in [0.5, 0.6) is 0 Å². The van der Waals surface area contributed by atoms with Crippen LogP contribution in [-0.2, 0) is 14.3 Å². The number of ether oxygens (including phenoxy) is 1. The Labute approximate surface area is 151 Å². The quantitative estimate of drug-likeness (QED) is 0.286. The highest BCUT2D eigenvalue weighted by Gasteiger charge is 2.33. The van der Waals surface area contributed by atoms with E-state index in [1.807, 2.05) is 32.1 Å². The summed E-state index contributed by atoms with van der Waals surface area (Å²) >= 11 is 0. The molecule has 0 heterocycles. The monoisotopic (exact) mass is 342 g/mol. The summed E-state index contributed by atoms with van der Waals surface area (Å²) in [4.78, 5) is 21.7. The highest BCUT2D eigenvalue weighted by atomic mass is 16.5. The van der Waals surface area contributed by atoms with Gasteiger partial charge < -0.3 is 4.74 Å². The molecule has 0 saturated carbocycles. The van der Waals surface area contributed by atoms with Crippen molar-refractivity contribution in [2.75, 3.05) is 0 Å². The van der Waals surface area contributed by atoms with Crippen molar-refractivity contribution in [1.29, 1.82) is 0 Å². The lowest BCUT2D eigenvalue weighted by atomic mass is 9.71. The lowest BCUT2D eigenvalue weighted by Gasteiger charge is -2.36. The molecule has 0 aromatic heterocycles. The lowest BCUT2D eigenvalue weighted by molar-refractivity contribution is -0.145. The zero-order valence-corrected chi connectivity index (χ0v) is 16.3. The number of carbonyl (C=O) groups excluding carboxylic acids is 2. The van der Waals surface area contributed by atoms with Gasteiger partial charge in [-0.15, -0.1) is 0 Å². The van der Waals surface area contributed by atoms with E-state index in [1.165, 1.54) is 18.6 Å². The second-order valence-electron chi connectivity index (χ2n) is 7.27. The maximum Gasteiger partial charge on any atom is 0.303 e. The van der Waals surface area contributed by atoms with Gasteiger partial charge in [0.1, 0.15) is 12.4 Å². The third-order valence-corrected chi connectivity index (χ3v) is 4.54. The number of rotatable bonds is 6. The fourth-order valence-corrected chi connectivity index (χ4v) is 3.04. The lowest BCUT2D eigenvalue weighted by Crippen LogP contribution is -2.30. The Morgan fingerprint density at radius 3 is 2.36 bits per heavy atom. The third-order valence-electron chi connectivity index (χ3n) is 4.54. The molecule has 3 heteroatoms. The minimum absolute atomic E-state index is 0.0661. The Bertz CT molecular complexity index is 655.